The summed E-state index contributed by atoms with van der Waals surface area (Å²) >= 11 is 0. The third-order valence-corrected chi connectivity index (χ3v) is 6.63. The third-order valence-electron chi connectivity index (χ3n) is 6.63. The Balaban J connectivity index is 1.56. The summed E-state index contributed by atoms with van der Waals surface area (Å²) in [6.45, 7) is 7.56. The molecule has 2 aromatic heterocycles. The van der Waals surface area contributed by atoms with E-state index in [0.717, 1.165) is 65.4 Å². The van der Waals surface area contributed by atoms with E-state index in [-0.39, 0.29) is 6.04 Å². The number of fused-ring (bicyclic) bond motifs is 2. The molecule has 0 amide bonds. The summed E-state index contributed by atoms with van der Waals surface area (Å²) in [5.41, 5.74) is 7.33. The molecule has 0 spiro atoms. The number of nitrogens with zero attached hydrogens (tertiary/aromatic N) is 4. The van der Waals surface area contributed by atoms with Crippen LogP contribution in [0.25, 0.3) is 33.4 Å². The van der Waals surface area contributed by atoms with E-state index >= 15 is 0 Å². The van der Waals surface area contributed by atoms with Crippen LogP contribution in [0.2, 0.25) is 0 Å². The number of morpholine rings is 1. The highest BCUT2D eigenvalue weighted by Crippen LogP contribution is 2.35. The fourth-order valence-electron chi connectivity index (χ4n) is 4.77. The zero-order chi connectivity index (χ0) is 22.4. The predicted molar refractivity (Wildman–Crippen MR) is 131 cm³/mol. The summed E-state index contributed by atoms with van der Waals surface area (Å²) in [7, 11) is 0. The smallest absolute Gasteiger partial charge is 0.167 e. The maximum absolute atomic E-state index is 5.56. The second-order valence-electron chi connectivity index (χ2n) is 8.64. The van der Waals surface area contributed by atoms with Crippen LogP contribution in [0.15, 0.2) is 71.3 Å². The van der Waals surface area contributed by atoms with Crippen LogP contribution in [0.5, 0.6) is 0 Å². The molecule has 1 saturated heterocycles. The minimum absolute atomic E-state index is 0.116. The number of aryl methyl sites for hydroxylation is 1. The molecule has 6 rings (SSSR count). The average Bonchev–Trinajstić information content (AvgIpc) is 3.44. The van der Waals surface area contributed by atoms with Crippen LogP contribution in [-0.4, -0.2) is 41.0 Å². The summed E-state index contributed by atoms with van der Waals surface area (Å²) in [5, 5.41) is 5.14. The molecule has 1 aliphatic rings. The molecule has 1 atom stereocenters. The van der Waals surface area contributed by atoms with E-state index in [4.69, 9.17) is 14.2 Å². The molecule has 0 bridgehead atoms. The molecular weight excluding hydrogens is 412 g/mol. The van der Waals surface area contributed by atoms with Gasteiger partial charge < -0.3 is 18.7 Å². The van der Waals surface area contributed by atoms with Crippen molar-refractivity contribution in [3.8, 4) is 11.4 Å². The molecule has 166 valence electrons. The molecule has 6 nitrogen and oxygen atoms in total. The van der Waals surface area contributed by atoms with Gasteiger partial charge in [0.05, 0.1) is 36.0 Å². The highest BCUT2D eigenvalue weighted by Gasteiger charge is 2.21. The molecule has 1 fully saturated rings. The van der Waals surface area contributed by atoms with E-state index < -0.39 is 0 Å². The molecule has 5 aromatic rings. The van der Waals surface area contributed by atoms with Gasteiger partial charge in [0.2, 0.25) is 0 Å². The first-order chi connectivity index (χ1) is 16.2. The van der Waals surface area contributed by atoms with Gasteiger partial charge in [0, 0.05) is 29.7 Å². The third kappa shape index (κ3) is 3.47. The summed E-state index contributed by atoms with van der Waals surface area (Å²) in [4.78, 5) is 7.49. The summed E-state index contributed by atoms with van der Waals surface area (Å²) in [6.07, 6.45) is 0. The quantitative estimate of drug-likeness (QED) is 0.366. The molecular formula is C27H26N4O2. The largest absolute Gasteiger partial charge is 0.378 e. The first-order valence-corrected chi connectivity index (χ1v) is 11.4. The van der Waals surface area contributed by atoms with E-state index in [1.165, 1.54) is 11.3 Å². The van der Waals surface area contributed by atoms with Gasteiger partial charge in [0.15, 0.2) is 5.58 Å². The normalized spacial score (nSPS) is 15.4. The van der Waals surface area contributed by atoms with Crippen molar-refractivity contribution in [2.24, 2.45) is 0 Å². The van der Waals surface area contributed by atoms with Crippen molar-refractivity contribution in [1.82, 2.24) is 14.7 Å². The van der Waals surface area contributed by atoms with Crippen LogP contribution in [0, 0.1) is 6.92 Å². The van der Waals surface area contributed by atoms with E-state index in [2.05, 4.69) is 82.2 Å². The van der Waals surface area contributed by atoms with Crippen molar-refractivity contribution in [1.29, 1.82) is 0 Å². The van der Waals surface area contributed by atoms with Gasteiger partial charge in [-0.1, -0.05) is 35.5 Å². The van der Waals surface area contributed by atoms with Crippen molar-refractivity contribution >= 4 is 27.7 Å². The van der Waals surface area contributed by atoms with Crippen molar-refractivity contribution in [2.45, 2.75) is 19.9 Å². The lowest BCUT2D eigenvalue weighted by Crippen LogP contribution is -2.36. The summed E-state index contributed by atoms with van der Waals surface area (Å²) < 4.78 is 13.4. The maximum atomic E-state index is 5.56. The van der Waals surface area contributed by atoms with Crippen molar-refractivity contribution in [2.75, 3.05) is 31.2 Å². The molecule has 0 N–H and O–H groups in total. The van der Waals surface area contributed by atoms with Gasteiger partial charge in [0.25, 0.3) is 0 Å². The number of rotatable bonds is 4. The molecule has 6 heteroatoms. The molecule has 3 heterocycles. The number of hydrogen-bond acceptors (Lipinski definition) is 5. The minimum atomic E-state index is 0.116. The predicted octanol–water partition coefficient (Wildman–Crippen LogP) is 5.60. The van der Waals surface area contributed by atoms with Crippen molar-refractivity contribution in [3.05, 3.63) is 78.0 Å². The fraction of sp³-hybridized carbons (Fsp3) is 0.259. The Morgan fingerprint density at radius 1 is 0.939 bits per heavy atom. The summed E-state index contributed by atoms with van der Waals surface area (Å²) in [6, 6.07) is 23.5. The maximum Gasteiger partial charge on any atom is 0.167 e. The van der Waals surface area contributed by atoms with Gasteiger partial charge in [-0.05, 0) is 55.8 Å². The topological polar surface area (TPSA) is 56.3 Å². The molecule has 3 aromatic carbocycles. The molecule has 33 heavy (non-hydrogen) atoms. The van der Waals surface area contributed by atoms with Gasteiger partial charge in [-0.25, -0.2) is 4.98 Å². The van der Waals surface area contributed by atoms with E-state index in [9.17, 15) is 0 Å². The Hall–Kier alpha value is -3.64. The minimum Gasteiger partial charge on any atom is -0.378 e. The van der Waals surface area contributed by atoms with Crippen LogP contribution in [-0.2, 0) is 4.74 Å². The number of aromatic nitrogens is 3. The highest BCUT2D eigenvalue weighted by molar-refractivity contribution is 5.88. The first kappa shape index (κ1) is 20.0. The second kappa shape index (κ2) is 8.05. The zero-order valence-corrected chi connectivity index (χ0v) is 18.9. The van der Waals surface area contributed by atoms with Crippen LogP contribution < -0.4 is 4.90 Å². The van der Waals surface area contributed by atoms with Crippen LogP contribution in [0.4, 0.5) is 5.69 Å². The standard InChI is InChI=1S/C27H26N4O2/c1-18-23-16-21(8-11-26(23)33-29-18)27-28-24-10-9-22(30-12-14-32-15-13-30)17-25(24)31(27)19(2)20-6-4-3-5-7-20/h3-11,16-17,19H,12-15H2,1-2H3. The lowest BCUT2D eigenvalue weighted by Gasteiger charge is -2.29. The monoisotopic (exact) mass is 438 g/mol. The lowest BCUT2D eigenvalue weighted by atomic mass is 10.1. The Labute approximate surface area is 192 Å². The SMILES string of the molecule is Cc1noc2ccc(-c3nc4ccc(N5CCOCC5)cc4n3C(C)c3ccccc3)cc12. The number of hydrogen-bond donors (Lipinski definition) is 0. The fourth-order valence-corrected chi connectivity index (χ4v) is 4.77. The van der Waals surface area contributed by atoms with Gasteiger partial charge in [-0.2, -0.15) is 0 Å². The number of imidazole rings is 1. The van der Waals surface area contributed by atoms with Gasteiger partial charge in [0.1, 0.15) is 5.82 Å². The van der Waals surface area contributed by atoms with Gasteiger partial charge >= 0.3 is 0 Å². The van der Waals surface area contributed by atoms with Crippen LogP contribution >= 0.6 is 0 Å². The Morgan fingerprint density at radius 2 is 1.76 bits per heavy atom. The molecule has 0 aliphatic carbocycles. The second-order valence-corrected chi connectivity index (χ2v) is 8.64. The highest BCUT2D eigenvalue weighted by atomic mass is 16.5. The average molecular weight is 439 g/mol. The van der Waals surface area contributed by atoms with Gasteiger partial charge in [-0.15, -0.1) is 0 Å². The van der Waals surface area contributed by atoms with E-state index in [1.807, 2.05) is 13.0 Å². The Morgan fingerprint density at radius 3 is 2.58 bits per heavy atom. The van der Waals surface area contributed by atoms with E-state index in [0.29, 0.717) is 0 Å². The lowest BCUT2D eigenvalue weighted by molar-refractivity contribution is 0.122. The molecule has 1 unspecified atom stereocenters. The van der Waals surface area contributed by atoms with Gasteiger partial charge in [-0.3, -0.25) is 0 Å². The Bertz CT molecular complexity index is 1430. The van der Waals surface area contributed by atoms with Crippen molar-refractivity contribution in [3.63, 3.8) is 0 Å². The summed E-state index contributed by atoms with van der Waals surface area (Å²) in [5.74, 6) is 0.947. The van der Waals surface area contributed by atoms with E-state index in [1.54, 1.807) is 0 Å². The van der Waals surface area contributed by atoms with Crippen molar-refractivity contribution < 1.29 is 9.26 Å². The number of benzene rings is 3. The Kier molecular flexibility index (Phi) is 4.88. The van der Waals surface area contributed by atoms with Crippen LogP contribution in [0.1, 0.15) is 24.2 Å². The zero-order valence-electron chi connectivity index (χ0n) is 18.9. The first-order valence-electron chi connectivity index (χ1n) is 11.4. The molecule has 0 saturated carbocycles. The molecule has 0 radical (unpaired) electrons. The molecule has 1 aliphatic heterocycles. The van der Waals surface area contributed by atoms with Crippen LogP contribution in [0.3, 0.4) is 0 Å². The number of ether oxygens (including phenoxy) is 1. The number of anilines is 1.